The molecule has 0 aromatic heterocycles. The monoisotopic (exact) mass is 481 g/mol. The zero-order valence-electron chi connectivity index (χ0n) is 15.7. The summed E-state index contributed by atoms with van der Waals surface area (Å²) >= 11 is 3.26. The topological polar surface area (TPSA) is 66.8 Å². The molecule has 30 heavy (non-hydrogen) atoms. The molecular formula is C21H15BrF3NO4. The Morgan fingerprint density at radius 3 is 2.53 bits per heavy atom. The van der Waals surface area contributed by atoms with Crippen LogP contribution in [0.1, 0.15) is 18.1 Å². The van der Waals surface area contributed by atoms with Gasteiger partial charge in [0.15, 0.2) is 0 Å². The number of hydrogen-bond donors (Lipinski definition) is 1. The molecule has 1 aliphatic heterocycles. The summed E-state index contributed by atoms with van der Waals surface area (Å²) < 4.78 is 44.8. The molecule has 0 spiro atoms. The smallest absolute Gasteiger partial charge is 0.416 e. The molecule has 0 saturated heterocycles. The number of phenols is 1. The number of carbonyl (C=O) groups excluding carboxylic acids is 2. The van der Waals surface area contributed by atoms with E-state index in [0.29, 0.717) is 4.47 Å². The van der Waals surface area contributed by atoms with Gasteiger partial charge in [0.05, 0.1) is 23.8 Å². The third kappa shape index (κ3) is 3.97. The van der Waals surface area contributed by atoms with Crippen LogP contribution in [0.3, 0.4) is 0 Å². The van der Waals surface area contributed by atoms with E-state index in [0.717, 1.165) is 24.1 Å². The molecule has 0 aliphatic carbocycles. The summed E-state index contributed by atoms with van der Waals surface area (Å²) in [4.78, 5) is 26.5. The van der Waals surface area contributed by atoms with Gasteiger partial charge in [-0.1, -0.05) is 22.0 Å². The third-order valence-electron chi connectivity index (χ3n) is 4.51. The maximum atomic E-state index is 13.1. The third-order valence-corrected chi connectivity index (χ3v) is 5.00. The van der Waals surface area contributed by atoms with Crippen LogP contribution in [0.2, 0.25) is 0 Å². The SMILES string of the molecule is COC(=O)C1=C(C)N(c2cccc(C(F)(F)F)c2)C(=O)/C1=C\c1cc(Br)ccc1O. The van der Waals surface area contributed by atoms with Crippen LogP contribution in [-0.4, -0.2) is 24.1 Å². The Hall–Kier alpha value is -3.07. The van der Waals surface area contributed by atoms with Crippen molar-refractivity contribution < 1.29 is 32.6 Å². The van der Waals surface area contributed by atoms with E-state index in [1.165, 1.54) is 37.3 Å². The standard InChI is InChI=1S/C21H15BrF3NO4/c1-11-18(20(29)30-2)16(9-12-8-14(22)6-7-17(12)27)19(28)26(11)15-5-3-4-13(10-15)21(23,24)25/h3-10,27H,1-2H3/b16-9-. The zero-order chi connectivity index (χ0) is 22.2. The second kappa shape index (κ2) is 7.98. The molecule has 2 aromatic carbocycles. The lowest BCUT2D eigenvalue weighted by Gasteiger charge is -2.19. The molecule has 0 unspecified atom stereocenters. The van der Waals surface area contributed by atoms with E-state index in [4.69, 9.17) is 4.74 Å². The van der Waals surface area contributed by atoms with Crippen LogP contribution in [0.15, 0.2) is 63.8 Å². The van der Waals surface area contributed by atoms with E-state index in [2.05, 4.69) is 15.9 Å². The number of carbonyl (C=O) groups is 2. The number of hydrogen-bond acceptors (Lipinski definition) is 4. The van der Waals surface area contributed by atoms with Gasteiger partial charge in [0.2, 0.25) is 0 Å². The van der Waals surface area contributed by atoms with E-state index in [1.807, 2.05) is 0 Å². The van der Waals surface area contributed by atoms with Crippen molar-refractivity contribution in [2.24, 2.45) is 0 Å². The van der Waals surface area contributed by atoms with Gasteiger partial charge in [0, 0.05) is 21.4 Å². The van der Waals surface area contributed by atoms with Crippen molar-refractivity contribution in [3.63, 3.8) is 0 Å². The highest BCUT2D eigenvalue weighted by atomic mass is 79.9. The van der Waals surface area contributed by atoms with Gasteiger partial charge in [-0.2, -0.15) is 13.2 Å². The quantitative estimate of drug-likeness (QED) is 0.491. The van der Waals surface area contributed by atoms with Gasteiger partial charge in [-0.3, -0.25) is 9.69 Å². The Kier molecular flexibility index (Phi) is 5.76. The normalized spacial score (nSPS) is 15.9. The van der Waals surface area contributed by atoms with Crippen LogP contribution in [0.25, 0.3) is 6.08 Å². The first-order valence-electron chi connectivity index (χ1n) is 8.56. The molecule has 1 aliphatic rings. The highest BCUT2D eigenvalue weighted by Crippen LogP contribution is 2.39. The number of benzene rings is 2. The van der Waals surface area contributed by atoms with Gasteiger partial charge in [0.25, 0.3) is 5.91 Å². The van der Waals surface area contributed by atoms with Crippen LogP contribution in [0.4, 0.5) is 18.9 Å². The first-order valence-corrected chi connectivity index (χ1v) is 9.35. The minimum absolute atomic E-state index is 0.0457. The number of anilines is 1. The Bertz CT molecular complexity index is 1110. The van der Waals surface area contributed by atoms with Gasteiger partial charge in [-0.15, -0.1) is 0 Å². The van der Waals surface area contributed by atoms with Crippen molar-refractivity contribution in [2.45, 2.75) is 13.1 Å². The number of halogens is 4. The molecule has 2 aromatic rings. The average molecular weight is 482 g/mol. The molecule has 3 rings (SSSR count). The fourth-order valence-corrected chi connectivity index (χ4v) is 3.49. The molecule has 1 N–H and O–H groups in total. The number of aromatic hydroxyl groups is 1. The van der Waals surface area contributed by atoms with Crippen molar-refractivity contribution in [1.29, 1.82) is 0 Å². The molecule has 156 valence electrons. The number of alkyl halides is 3. The summed E-state index contributed by atoms with van der Waals surface area (Å²) in [5, 5.41) is 10.1. The van der Waals surface area contributed by atoms with Crippen molar-refractivity contribution in [3.05, 3.63) is 74.9 Å². The Balaban J connectivity index is 2.18. The van der Waals surface area contributed by atoms with Crippen LogP contribution >= 0.6 is 15.9 Å². The molecule has 0 atom stereocenters. The molecular weight excluding hydrogens is 467 g/mol. The summed E-state index contributed by atoms with van der Waals surface area (Å²) in [7, 11) is 1.13. The summed E-state index contributed by atoms with van der Waals surface area (Å²) in [6.45, 7) is 1.44. The van der Waals surface area contributed by atoms with Crippen molar-refractivity contribution in [3.8, 4) is 5.75 Å². The number of allylic oxidation sites excluding steroid dienone is 1. The van der Waals surface area contributed by atoms with Gasteiger partial charge >= 0.3 is 12.1 Å². The first-order chi connectivity index (χ1) is 14.0. The molecule has 1 amide bonds. The van der Waals surface area contributed by atoms with E-state index >= 15 is 0 Å². The molecule has 0 fully saturated rings. The second-order valence-corrected chi connectivity index (χ2v) is 7.32. The second-order valence-electron chi connectivity index (χ2n) is 6.40. The maximum absolute atomic E-state index is 13.1. The minimum Gasteiger partial charge on any atom is -0.507 e. The lowest BCUT2D eigenvalue weighted by Crippen LogP contribution is -2.24. The Morgan fingerprint density at radius 1 is 1.20 bits per heavy atom. The van der Waals surface area contributed by atoms with Crippen LogP contribution in [0.5, 0.6) is 5.75 Å². The van der Waals surface area contributed by atoms with E-state index in [9.17, 15) is 27.9 Å². The van der Waals surface area contributed by atoms with E-state index in [1.54, 1.807) is 6.07 Å². The lowest BCUT2D eigenvalue weighted by molar-refractivity contribution is -0.137. The Morgan fingerprint density at radius 2 is 1.90 bits per heavy atom. The molecule has 0 saturated carbocycles. The fourth-order valence-electron chi connectivity index (χ4n) is 3.11. The van der Waals surface area contributed by atoms with Crippen LogP contribution in [0, 0.1) is 0 Å². The van der Waals surface area contributed by atoms with Gasteiger partial charge in [-0.05, 0) is 49.4 Å². The predicted octanol–water partition coefficient (Wildman–Crippen LogP) is 5.05. The summed E-state index contributed by atoms with van der Waals surface area (Å²) in [6, 6.07) is 8.76. The molecule has 1 heterocycles. The molecule has 0 bridgehead atoms. The number of esters is 1. The lowest BCUT2D eigenvalue weighted by atomic mass is 10.0. The molecule has 9 heteroatoms. The summed E-state index contributed by atoms with van der Waals surface area (Å²) in [5.74, 6) is -1.68. The first kappa shape index (κ1) is 21.6. The summed E-state index contributed by atoms with van der Waals surface area (Å²) in [5.41, 5.74) is -0.818. The van der Waals surface area contributed by atoms with E-state index < -0.39 is 23.6 Å². The molecule has 5 nitrogen and oxygen atoms in total. The van der Waals surface area contributed by atoms with Crippen molar-refractivity contribution >= 4 is 39.6 Å². The zero-order valence-corrected chi connectivity index (χ0v) is 17.3. The molecule has 0 radical (unpaired) electrons. The maximum Gasteiger partial charge on any atom is 0.416 e. The van der Waals surface area contributed by atoms with Crippen LogP contribution in [-0.2, 0) is 20.5 Å². The van der Waals surface area contributed by atoms with Gasteiger partial charge < -0.3 is 9.84 Å². The number of amides is 1. The number of methoxy groups -OCH3 is 1. The van der Waals surface area contributed by atoms with Crippen molar-refractivity contribution in [1.82, 2.24) is 0 Å². The van der Waals surface area contributed by atoms with Crippen molar-refractivity contribution in [2.75, 3.05) is 12.0 Å². The number of rotatable bonds is 3. The highest BCUT2D eigenvalue weighted by molar-refractivity contribution is 9.10. The number of phenolic OH excluding ortho intramolecular Hbond substituents is 1. The predicted molar refractivity (Wildman–Crippen MR) is 107 cm³/mol. The largest absolute Gasteiger partial charge is 0.507 e. The summed E-state index contributed by atoms with van der Waals surface area (Å²) in [6.07, 6.45) is -3.30. The minimum atomic E-state index is -4.59. The highest BCUT2D eigenvalue weighted by Gasteiger charge is 2.39. The van der Waals surface area contributed by atoms with Gasteiger partial charge in [0.1, 0.15) is 5.75 Å². The Labute approximate surface area is 178 Å². The number of nitrogens with zero attached hydrogens (tertiary/aromatic N) is 1. The average Bonchev–Trinajstić information content (AvgIpc) is 2.93. The van der Waals surface area contributed by atoms with Crippen LogP contribution < -0.4 is 4.90 Å². The van der Waals surface area contributed by atoms with E-state index in [-0.39, 0.29) is 33.8 Å². The number of ether oxygens (including phenoxy) is 1. The fraction of sp³-hybridized carbons (Fsp3) is 0.143. The van der Waals surface area contributed by atoms with Gasteiger partial charge in [-0.25, -0.2) is 4.79 Å².